The summed E-state index contributed by atoms with van der Waals surface area (Å²) < 4.78 is 8.03. The fraction of sp³-hybridized carbons (Fsp3) is 0.812. The molecule has 4 nitrogen and oxygen atoms in total. The molecule has 2 unspecified atom stereocenters. The predicted octanol–water partition coefficient (Wildman–Crippen LogP) is 2.72. The van der Waals surface area contributed by atoms with Crippen LogP contribution in [0.1, 0.15) is 62.7 Å². The predicted molar refractivity (Wildman–Crippen MR) is 79.4 cm³/mol. The first-order chi connectivity index (χ1) is 9.63. The fourth-order valence-corrected chi connectivity index (χ4v) is 4.10. The maximum atomic E-state index is 6.60. The summed E-state index contributed by atoms with van der Waals surface area (Å²) in [5.74, 6) is 0.538. The third-order valence-electron chi connectivity index (χ3n) is 5.19. The maximum Gasteiger partial charge on any atom is 0.0685 e. The summed E-state index contributed by atoms with van der Waals surface area (Å²) in [7, 11) is 1.98. The topological polar surface area (TPSA) is 53.1 Å². The van der Waals surface area contributed by atoms with Gasteiger partial charge in [0.1, 0.15) is 0 Å². The van der Waals surface area contributed by atoms with E-state index in [2.05, 4.69) is 18.2 Å². The van der Waals surface area contributed by atoms with E-state index < -0.39 is 0 Å². The van der Waals surface area contributed by atoms with Gasteiger partial charge < -0.3 is 10.5 Å². The standard InChI is InChI=1S/C16H27N3O/c1-3-14-13(11-19(2)18-14)15(17)12-6-9-20-16(10-12)7-4-5-8-16/h11-12,15H,3-10,17H2,1-2H3. The van der Waals surface area contributed by atoms with E-state index in [0.717, 1.165) is 31.6 Å². The molecule has 0 radical (unpaired) electrons. The van der Waals surface area contributed by atoms with Gasteiger partial charge in [0, 0.05) is 31.5 Å². The Morgan fingerprint density at radius 2 is 2.25 bits per heavy atom. The van der Waals surface area contributed by atoms with Gasteiger partial charge in [0.05, 0.1) is 11.3 Å². The van der Waals surface area contributed by atoms with Gasteiger partial charge in [0.15, 0.2) is 0 Å². The van der Waals surface area contributed by atoms with Gasteiger partial charge in [-0.05, 0) is 38.0 Å². The highest BCUT2D eigenvalue weighted by atomic mass is 16.5. The molecule has 1 aliphatic heterocycles. The van der Waals surface area contributed by atoms with Crippen molar-refractivity contribution in [3.8, 4) is 0 Å². The van der Waals surface area contributed by atoms with Crippen LogP contribution in [0.3, 0.4) is 0 Å². The van der Waals surface area contributed by atoms with Gasteiger partial charge in [-0.1, -0.05) is 19.8 Å². The number of nitrogens with two attached hydrogens (primary N) is 1. The summed E-state index contributed by atoms with van der Waals surface area (Å²) >= 11 is 0. The van der Waals surface area contributed by atoms with Gasteiger partial charge in [-0.25, -0.2) is 0 Å². The van der Waals surface area contributed by atoms with Crippen LogP contribution < -0.4 is 5.73 Å². The van der Waals surface area contributed by atoms with Crippen molar-refractivity contribution in [3.63, 3.8) is 0 Å². The number of rotatable bonds is 3. The van der Waals surface area contributed by atoms with E-state index in [1.165, 1.54) is 31.2 Å². The Morgan fingerprint density at radius 1 is 1.50 bits per heavy atom. The Labute approximate surface area is 121 Å². The highest BCUT2D eigenvalue weighted by Gasteiger charge is 2.42. The third kappa shape index (κ3) is 2.51. The lowest BCUT2D eigenvalue weighted by atomic mass is 9.79. The molecule has 1 aromatic rings. The number of aryl methyl sites for hydroxylation is 2. The first kappa shape index (κ1) is 14.1. The number of hydrogen-bond acceptors (Lipinski definition) is 3. The monoisotopic (exact) mass is 277 g/mol. The lowest BCUT2D eigenvalue weighted by Crippen LogP contribution is -2.40. The first-order valence-corrected chi connectivity index (χ1v) is 8.05. The SMILES string of the molecule is CCc1nn(C)cc1C(N)C1CCOC2(CCCC2)C1. The molecular formula is C16H27N3O. The van der Waals surface area contributed by atoms with Crippen LogP contribution in [0.15, 0.2) is 6.20 Å². The van der Waals surface area contributed by atoms with Crippen LogP contribution in [-0.2, 0) is 18.2 Å². The molecule has 1 aromatic heterocycles. The quantitative estimate of drug-likeness (QED) is 0.924. The Kier molecular flexibility index (Phi) is 3.87. The van der Waals surface area contributed by atoms with Gasteiger partial charge in [-0.2, -0.15) is 5.10 Å². The molecule has 2 N–H and O–H groups in total. The smallest absolute Gasteiger partial charge is 0.0685 e. The van der Waals surface area contributed by atoms with Crippen LogP contribution in [0.4, 0.5) is 0 Å². The van der Waals surface area contributed by atoms with Crippen molar-refractivity contribution in [3.05, 3.63) is 17.5 Å². The molecule has 2 heterocycles. The molecule has 2 atom stereocenters. The molecule has 1 aliphatic carbocycles. The van der Waals surface area contributed by atoms with Crippen LogP contribution in [0.5, 0.6) is 0 Å². The molecule has 1 saturated carbocycles. The molecule has 20 heavy (non-hydrogen) atoms. The molecule has 0 bridgehead atoms. The van der Waals surface area contributed by atoms with Crippen molar-refractivity contribution in [1.29, 1.82) is 0 Å². The van der Waals surface area contributed by atoms with E-state index in [4.69, 9.17) is 10.5 Å². The van der Waals surface area contributed by atoms with Crippen LogP contribution >= 0.6 is 0 Å². The molecule has 4 heteroatoms. The molecule has 2 aliphatic rings. The Morgan fingerprint density at radius 3 is 2.95 bits per heavy atom. The van der Waals surface area contributed by atoms with Gasteiger partial charge in [0.2, 0.25) is 0 Å². The summed E-state index contributed by atoms with van der Waals surface area (Å²) in [6.45, 7) is 3.03. The summed E-state index contributed by atoms with van der Waals surface area (Å²) in [5.41, 5.74) is 9.15. The summed E-state index contributed by atoms with van der Waals surface area (Å²) in [4.78, 5) is 0. The van der Waals surface area contributed by atoms with Crippen molar-refractivity contribution >= 4 is 0 Å². The van der Waals surface area contributed by atoms with Crippen LogP contribution in [0.2, 0.25) is 0 Å². The summed E-state index contributed by atoms with van der Waals surface area (Å²) in [6, 6.07) is 0.111. The largest absolute Gasteiger partial charge is 0.375 e. The highest BCUT2D eigenvalue weighted by molar-refractivity contribution is 5.22. The zero-order valence-electron chi connectivity index (χ0n) is 12.8. The van der Waals surface area contributed by atoms with E-state index in [1.807, 2.05) is 11.7 Å². The van der Waals surface area contributed by atoms with Crippen molar-refractivity contribution in [2.75, 3.05) is 6.61 Å². The second kappa shape index (κ2) is 5.49. The molecule has 1 saturated heterocycles. The van der Waals surface area contributed by atoms with Crippen molar-refractivity contribution in [2.45, 2.75) is 63.5 Å². The Hall–Kier alpha value is -0.870. The first-order valence-electron chi connectivity index (χ1n) is 8.05. The minimum atomic E-state index is 0.111. The van der Waals surface area contributed by atoms with Crippen molar-refractivity contribution in [1.82, 2.24) is 9.78 Å². The van der Waals surface area contributed by atoms with Crippen molar-refractivity contribution < 1.29 is 4.74 Å². The fourth-order valence-electron chi connectivity index (χ4n) is 4.10. The van der Waals surface area contributed by atoms with Gasteiger partial charge in [-0.15, -0.1) is 0 Å². The molecule has 1 spiro atoms. The van der Waals surface area contributed by atoms with E-state index in [0.29, 0.717) is 5.92 Å². The Bertz CT molecular complexity index is 462. The lowest BCUT2D eigenvalue weighted by Gasteiger charge is -2.40. The van der Waals surface area contributed by atoms with E-state index in [9.17, 15) is 0 Å². The number of ether oxygens (including phenoxy) is 1. The van der Waals surface area contributed by atoms with E-state index >= 15 is 0 Å². The Balaban J connectivity index is 1.77. The molecule has 0 aromatic carbocycles. The van der Waals surface area contributed by atoms with Crippen LogP contribution in [0.25, 0.3) is 0 Å². The minimum absolute atomic E-state index is 0.111. The molecule has 3 rings (SSSR count). The maximum absolute atomic E-state index is 6.60. The zero-order valence-corrected chi connectivity index (χ0v) is 12.8. The third-order valence-corrected chi connectivity index (χ3v) is 5.19. The van der Waals surface area contributed by atoms with Gasteiger partial charge in [-0.3, -0.25) is 4.68 Å². The summed E-state index contributed by atoms with van der Waals surface area (Å²) in [6.07, 6.45) is 10.4. The minimum Gasteiger partial charge on any atom is -0.375 e. The number of nitrogens with zero attached hydrogens (tertiary/aromatic N) is 2. The second-order valence-corrected chi connectivity index (χ2v) is 6.58. The summed E-state index contributed by atoms with van der Waals surface area (Å²) in [5, 5.41) is 4.54. The lowest BCUT2D eigenvalue weighted by molar-refractivity contribution is -0.0964. The number of hydrogen-bond donors (Lipinski definition) is 1. The molecule has 0 amide bonds. The van der Waals surface area contributed by atoms with Crippen LogP contribution in [-0.4, -0.2) is 22.0 Å². The van der Waals surface area contributed by atoms with E-state index in [-0.39, 0.29) is 11.6 Å². The van der Waals surface area contributed by atoms with Gasteiger partial charge in [0.25, 0.3) is 0 Å². The van der Waals surface area contributed by atoms with Crippen LogP contribution in [0, 0.1) is 5.92 Å². The molecular weight excluding hydrogens is 250 g/mol. The zero-order chi connectivity index (χ0) is 14.2. The highest BCUT2D eigenvalue weighted by Crippen LogP contribution is 2.45. The molecule has 2 fully saturated rings. The van der Waals surface area contributed by atoms with Gasteiger partial charge >= 0.3 is 0 Å². The molecule has 112 valence electrons. The normalized spacial score (nSPS) is 27.1. The van der Waals surface area contributed by atoms with Crippen molar-refractivity contribution in [2.24, 2.45) is 18.7 Å². The average molecular weight is 277 g/mol. The van der Waals surface area contributed by atoms with E-state index in [1.54, 1.807) is 0 Å². The number of aromatic nitrogens is 2. The second-order valence-electron chi connectivity index (χ2n) is 6.58. The average Bonchev–Trinajstić information content (AvgIpc) is 3.05.